The fraction of sp³-hybridized carbons (Fsp3) is 0.381. The van der Waals surface area contributed by atoms with Gasteiger partial charge in [0.05, 0.1) is 26.4 Å². The molecule has 3 N–H and O–H groups in total. The van der Waals surface area contributed by atoms with E-state index in [4.69, 9.17) is 9.47 Å². The summed E-state index contributed by atoms with van der Waals surface area (Å²) in [6, 6.07) is 15.5. The number of methoxy groups -OCH3 is 1. The fourth-order valence-electron chi connectivity index (χ4n) is 2.61. The maximum atomic E-state index is 10.3. The minimum absolute atomic E-state index is 0.304. The molecule has 1 atom stereocenters. The molecular weight excluding hydrogens is 342 g/mol. The summed E-state index contributed by atoms with van der Waals surface area (Å²) in [6.45, 7) is 5.53. The summed E-state index contributed by atoms with van der Waals surface area (Å²) in [7, 11) is 1.61. The molecule has 0 aromatic heterocycles. The molecule has 0 fully saturated rings. The van der Waals surface area contributed by atoms with E-state index in [1.165, 1.54) is 0 Å². The third-order valence-corrected chi connectivity index (χ3v) is 3.84. The van der Waals surface area contributed by atoms with Gasteiger partial charge >= 0.3 is 0 Å². The van der Waals surface area contributed by atoms with Gasteiger partial charge in [-0.1, -0.05) is 30.3 Å². The van der Waals surface area contributed by atoms with E-state index in [1.807, 2.05) is 62.4 Å². The van der Waals surface area contributed by atoms with Gasteiger partial charge in [0.1, 0.15) is 0 Å². The number of anilines is 1. The topological polar surface area (TPSA) is 75.1 Å². The molecule has 146 valence electrons. The SMILES string of the molecule is CCNC(=NCC(O)Cc1ccccc1)Nc1ccc(OCC)c(OC)c1. The minimum Gasteiger partial charge on any atom is -0.493 e. The first kappa shape index (κ1) is 20.6. The Hall–Kier alpha value is -2.73. The molecule has 6 nitrogen and oxygen atoms in total. The predicted octanol–water partition coefficient (Wildman–Crippen LogP) is 3.07. The second-order valence-electron chi connectivity index (χ2n) is 5.99. The van der Waals surface area contributed by atoms with Crippen LogP contribution in [0.5, 0.6) is 11.5 Å². The average Bonchev–Trinajstić information content (AvgIpc) is 2.68. The summed E-state index contributed by atoms with van der Waals surface area (Å²) >= 11 is 0. The second-order valence-corrected chi connectivity index (χ2v) is 5.99. The van der Waals surface area contributed by atoms with Crippen LogP contribution < -0.4 is 20.1 Å². The molecule has 0 aliphatic heterocycles. The number of guanidine groups is 1. The maximum Gasteiger partial charge on any atom is 0.195 e. The Labute approximate surface area is 161 Å². The lowest BCUT2D eigenvalue weighted by atomic mass is 10.1. The van der Waals surface area contributed by atoms with Crippen molar-refractivity contribution >= 4 is 11.6 Å². The number of aliphatic hydroxyl groups excluding tert-OH is 1. The predicted molar refractivity (Wildman–Crippen MR) is 110 cm³/mol. The standard InChI is InChI=1S/C21H29N3O3/c1-4-22-21(23-15-18(25)13-16-9-7-6-8-10-16)24-17-11-12-19(27-5-2)20(14-17)26-3/h6-12,14,18,25H,4-5,13,15H2,1-3H3,(H2,22,23,24). The van der Waals surface area contributed by atoms with Gasteiger partial charge in [-0.2, -0.15) is 0 Å². The molecule has 0 saturated carbocycles. The first-order chi connectivity index (χ1) is 13.2. The van der Waals surface area contributed by atoms with Crippen molar-refractivity contribution in [3.63, 3.8) is 0 Å². The molecule has 0 amide bonds. The highest BCUT2D eigenvalue weighted by Gasteiger charge is 2.08. The van der Waals surface area contributed by atoms with Crippen LogP contribution in [0.3, 0.4) is 0 Å². The van der Waals surface area contributed by atoms with E-state index in [-0.39, 0.29) is 0 Å². The number of ether oxygens (including phenoxy) is 2. The Bertz CT molecular complexity index is 720. The number of hydrogen-bond acceptors (Lipinski definition) is 4. The lowest BCUT2D eigenvalue weighted by Crippen LogP contribution is -2.32. The van der Waals surface area contributed by atoms with E-state index >= 15 is 0 Å². The first-order valence-corrected chi connectivity index (χ1v) is 9.24. The van der Waals surface area contributed by atoms with Crippen molar-refractivity contribution in [2.75, 3.05) is 32.1 Å². The number of benzene rings is 2. The lowest BCUT2D eigenvalue weighted by Gasteiger charge is -2.15. The van der Waals surface area contributed by atoms with Crippen LogP contribution in [-0.2, 0) is 6.42 Å². The molecule has 1 unspecified atom stereocenters. The second kappa shape index (κ2) is 11.1. The highest BCUT2D eigenvalue weighted by atomic mass is 16.5. The zero-order chi connectivity index (χ0) is 19.5. The Morgan fingerprint density at radius 1 is 1.11 bits per heavy atom. The zero-order valence-corrected chi connectivity index (χ0v) is 16.2. The molecule has 0 heterocycles. The van der Waals surface area contributed by atoms with Crippen LogP contribution >= 0.6 is 0 Å². The van der Waals surface area contributed by atoms with Crippen LogP contribution in [0.2, 0.25) is 0 Å². The van der Waals surface area contributed by atoms with Gasteiger partial charge in [0.2, 0.25) is 0 Å². The third-order valence-electron chi connectivity index (χ3n) is 3.84. The number of rotatable bonds is 9. The molecule has 6 heteroatoms. The van der Waals surface area contributed by atoms with Crippen LogP contribution in [0.25, 0.3) is 0 Å². The van der Waals surface area contributed by atoms with Gasteiger partial charge in [0, 0.05) is 24.7 Å². The average molecular weight is 371 g/mol. The molecule has 0 aliphatic rings. The van der Waals surface area contributed by atoms with E-state index in [1.54, 1.807) is 7.11 Å². The molecule has 2 aromatic carbocycles. The van der Waals surface area contributed by atoms with Gasteiger partial charge in [0.15, 0.2) is 17.5 Å². The van der Waals surface area contributed by atoms with Crippen LogP contribution in [-0.4, -0.2) is 44.0 Å². The largest absolute Gasteiger partial charge is 0.493 e. The molecule has 0 spiro atoms. The highest BCUT2D eigenvalue weighted by Crippen LogP contribution is 2.30. The first-order valence-electron chi connectivity index (χ1n) is 9.24. The van der Waals surface area contributed by atoms with Gasteiger partial charge in [-0.3, -0.25) is 4.99 Å². The lowest BCUT2D eigenvalue weighted by molar-refractivity contribution is 0.184. The minimum atomic E-state index is -0.544. The van der Waals surface area contributed by atoms with Crippen molar-refractivity contribution in [3.05, 3.63) is 54.1 Å². The van der Waals surface area contributed by atoms with E-state index in [2.05, 4.69) is 15.6 Å². The van der Waals surface area contributed by atoms with Crippen LogP contribution in [0.15, 0.2) is 53.5 Å². The third kappa shape index (κ3) is 6.83. The summed E-state index contributed by atoms with van der Waals surface area (Å²) in [5, 5.41) is 16.7. The molecule has 27 heavy (non-hydrogen) atoms. The molecule has 0 bridgehead atoms. The highest BCUT2D eigenvalue weighted by molar-refractivity contribution is 5.93. The zero-order valence-electron chi connectivity index (χ0n) is 16.2. The molecule has 2 aromatic rings. The number of nitrogens with one attached hydrogen (secondary N) is 2. The maximum absolute atomic E-state index is 10.3. The van der Waals surface area contributed by atoms with Gasteiger partial charge in [0.25, 0.3) is 0 Å². The van der Waals surface area contributed by atoms with Crippen molar-refractivity contribution in [1.29, 1.82) is 0 Å². The summed E-state index contributed by atoms with van der Waals surface area (Å²) in [6.07, 6.45) is 0.0263. The van der Waals surface area contributed by atoms with Crippen LogP contribution in [0, 0.1) is 0 Å². The quantitative estimate of drug-likeness (QED) is 0.467. The van der Waals surface area contributed by atoms with E-state index < -0.39 is 6.10 Å². The van der Waals surface area contributed by atoms with Crippen molar-refractivity contribution < 1.29 is 14.6 Å². The van der Waals surface area contributed by atoms with Gasteiger partial charge < -0.3 is 25.2 Å². The van der Waals surface area contributed by atoms with Crippen LogP contribution in [0.1, 0.15) is 19.4 Å². The summed E-state index contributed by atoms with van der Waals surface area (Å²) in [5.74, 6) is 1.96. The van der Waals surface area contributed by atoms with Gasteiger partial charge in [-0.15, -0.1) is 0 Å². The number of aliphatic hydroxyl groups is 1. The van der Waals surface area contributed by atoms with Crippen LogP contribution in [0.4, 0.5) is 5.69 Å². The van der Waals surface area contributed by atoms with E-state index in [0.29, 0.717) is 37.0 Å². The summed E-state index contributed by atoms with van der Waals surface area (Å²) in [5.41, 5.74) is 1.92. The van der Waals surface area contributed by atoms with Crippen molar-refractivity contribution in [2.45, 2.75) is 26.4 Å². The summed E-state index contributed by atoms with van der Waals surface area (Å²) < 4.78 is 10.9. The Morgan fingerprint density at radius 2 is 1.89 bits per heavy atom. The number of aliphatic imine (C=N–C) groups is 1. The monoisotopic (exact) mass is 371 g/mol. The number of hydrogen-bond donors (Lipinski definition) is 3. The van der Waals surface area contributed by atoms with Crippen molar-refractivity contribution in [3.8, 4) is 11.5 Å². The van der Waals surface area contributed by atoms with Crippen molar-refractivity contribution in [1.82, 2.24) is 5.32 Å². The molecule has 0 saturated heterocycles. The molecule has 0 aliphatic carbocycles. The summed E-state index contributed by atoms with van der Waals surface area (Å²) in [4.78, 5) is 4.49. The van der Waals surface area contributed by atoms with Gasteiger partial charge in [-0.25, -0.2) is 0 Å². The Kier molecular flexibility index (Phi) is 8.45. The van der Waals surface area contributed by atoms with Crippen molar-refractivity contribution in [2.24, 2.45) is 4.99 Å². The van der Waals surface area contributed by atoms with E-state index in [0.717, 1.165) is 17.8 Å². The molecular formula is C21H29N3O3. The fourth-order valence-corrected chi connectivity index (χ4v) is 2.61. The smallest absolute Gasteiger partial charge is 0.195 e. The van der Waals surface area contributed by atoms with E-state index in [9.17, 15) is 5.11 Å². The Balaban J connectivity index is 2.02. The molecule has 2 rings (SSSR count). The molecule has 0 radical (unpaired) electrons. The number of nitrogens with zero attached hydrogens (tertiary/aromatic N) is 1. The normalized spacial score (nSPS) is 12.4. The Morgan fingerprint density at radius 3 is 2.56 bits per heavy atom. The van der Waals surface area contributed by atoms with Gasteiger partial charge in [-0.05, 0) is 31.5 Å².